The van der Waals surface area contributed by atoms with Gasteiger partial charge in [0, 0.05) is 11.0 Å². The molecule has 1 unspecified atom stereocenters. The molecular formula is C11H12O3. The number of rotatable bonds is 0. The molecule has 0 aromatic heterocycles. The predicted octanol–water partition coefficient (Wildman–Crippen LogP) is 1.21. The van der Waals surface area contributed by atoms with E-state index in [1.165, 1.54) is 5.57 Å². The van der Waals surface area contributed by atoms with Crippen LogP contribution >= 0.6 is 0 Å². The second-order valence-corrected chi connectivity index (χ2v) is 4.41. The number of carbonyl (C=O) groups is 1. The highest BCUT2D eigenvalue weighted by Crippen LogP contribution is 2.45. The SMILES string of the molecule is CC12CC=C3C(=O)OCC3=C1COC2. The third-order valence-corrected chi connectivity index (χ3v) is 3.41. The monoisotopic (exact) mass is 192 g/mol. The molecule has 0 N–H and O–H groups in total. The van der Waals surface area contributed by atoms with Crippen LogP contribution in [0.15, 0.2) is 22.8 Å². The van der Waals surface area contributed by atoms with Crippen LogP contribution in [-0.4, -0.2) is 25.8 Å². The molecule has 2 fully saturated rings. The van der Waals surface area contributed by atoms with Crippen LogP contribution in [-0.2, 0) is 14.3 Å². The maximum absolute atomic E-state index is 11.3. The molecule has 2 aliphatic heterocycles. The summed E-state index contributed by atoms with van der Waals surface area (Å²) < 4.78 is 10.5. The Bertz CT molecular complexity index is 378. The second-order valence-electron chi connectivity index (χ2n) is 4.41. The largest absolute Gasteiger partial charge is 0.457 e. The number of hydrogen-bond donors (Lipinski definition) is 0. The quantitative estimate of drug-likeness (QED) is 0.541. The average Bonchev–Trinajstić information content (AvgIpc) is 2.69. The van der Waals surface area contributed by atoms with Gasteiger partial charge in [0.2, 0.25) is 0 Å². The number of ether oxygens (including phenoxy) is 2. The summed E-state index contributed by atoms with van der Waals surface area (Å²) in [7, 11) is 0. The minimum Gasteiger partial charge on any atom is -0.457 e. The van der Waals surface area contributed by atoms with Crippen LogP contribution in [0, 0.1) is 5.41 Å². The van der Waals surface area contributed by atoms with Crippen LogP contribution in [0.3, 0.4) is 0 Å². The summed E-state index contributed by atoms with van der Waals surface area (Å²) in [5, 5.41) is 0. The number of allylic oxidation sites excluding steroid dienone is 1. The molecular weight excluding hydrogens is 180 g/mol. The van der Waals surface area contributed by atoms with E-state index in [0.29, 0.717) is 13.2 Å². The molecule has 2 heterocycles. The fraction of sp³-hybridized carbons (Fsp3) is 0.545. The molecule has 3 nitrogen and oxygen atoms in total. The highest BCUT2D eigenvalue weighted by molar-refractivity contribution is 5.97. The van der Waals surface area contributed by atoms with Crippen molar-refractivity contribution < 1.29 is 14.3 Å². The van der Waals surface area contributed by atoms with Gasteiger partial charge in [-0.25, -0.2) is 4.79 Å². The molecule has 1 atom stereocenters. The summed E-state index contributed by atoms with van der Waals surface area (Å²) in [6, 6.07) is 0. The van der Waals surface area contributed by atoms with Gasteiger partial charge in [-0.15, -0.1) is 0 Å². The number of fused-ring (bicyclic) bond motifs is 2. The van der Waals surface area contributed by atoms with Gasteiger partial charge in [0.05, 0.1) is 18.8 Å². The smallest absolute Gasteiger partial charge is 0.338 e. The lowest BCUT2D eigenvalue weighted by Gasteiger charge is -2.27. The minimum atomic E-state index is -0.165. The Morgan fingerprint density at radius 2 is 2.29 bits per heavy atom. The first-order valence-corrected chi connectivity index (χ1v) is 4.89. The summed E-state index contributed by atoms with van der Waals surface area (Å²) in [5.41, 5.74) is 3.26. The van der Waals surface area contributed by atoms with E-state index in [-0.39, 0.29) is 11.4 Å². The van der Waals surface area contributed by atoms with Gasteiger partial charge >= 0.3 is 5.97 Å². The third kappa shape index (κ3) is 0.879. The van der Waals surface area contributed by atoms with Gasteiger partial charge in [0.15, 0.2) is 0 Å². The van der Waals surface area contributed by atoms with Crippen LogP contribution in [0.4, 0.5) is 0 Å². The van der Waals surface area contributed by atoms with Crippen molar-refractivity contribution in [2.24, 2.45) is 5.41 Å². The van der Waals surface area contributed by atoms with Crippen LogP contribution in [0.1, 0.15) is 13.3 Å². The average molecular weight is 192 g/mol. The molecule has 0 bridgehead atoms. The van der Waals surface area contributed by atoms with Gasteiger partial charge in [0.1, 0.15) is 6.61 Å². The Balaban J connectivity index is 2.14. The van der Waals surface area contributed by atoms with Crippen LogP contribution in [0.25, 0.3) is 0 Å². The van der Waals surface area contributed by atoms with E-state index in [9.17, 15) is 4.79 Å². The maximum Gasteiger partial charge on any atom is 0.338 e. The minimum absolute atomic E-state index is 0.118. The first kappa shape index (κ1) is 8.24. The Kier molecular flexibility index (Phi) is 1.46. The Hall–Kier alpha value is -1.09. The lowest BCUT2D eigenvalue weighted by Crippen LogP contribution is -2.22. The third-order valence-electron chi connectivity index (χ3n) is 3.41. The van der Waals surface area contributed by atoms with Gasteiger partial charge in [-0.3, -0.25) is 0 Å². The van der Waals surface area contributed by atoms with Crippen molar-refractivity contribution in [2.75, 3.05) is 19.8 Å². The van der Waals surface area contributed by atoms with Crippen LogP contribution in [0.5, 0.6) is 0 Å². The van der Waals surface area contributed by atoms with Crippen molar-refractivity contribution in [3.8, 4) is 0 Å². The van der Waals surface area contributed by atoms with Crippen LogP contribution < -0.4 is 0 Å². The first-order valence-electron chi connectivity index (χ1n) is 4.89. The molecule has 0 amide bonds. The van der Waals surface area contributed by atoms with Gasteiger partial charge in [-0.2, -0.15) is 0 Å². The highest BCUT2D eigenvalue weighted by Gasteiger charge is 2.42. The standard InChI is InChI=1S/C11H12O3/c1-11-3-2-7-8(4-14-10(7)12)9(11)5-13-6-11/h2H,3-6H2,1H3. The first-order chi connectivity index (χ1) is 6.71. The zero-order valence-corrected chi connectivity index (χ0v) is 8.13. The molecule has 0 aromatic rings. The van der Waals surface area contributed by atoms with Crippen molar-refractivity contribution in [1.29, 1.82) is 0 Å². The van der Waals surface area contributed by atoms with Crippen molar-refractivity contribution in [2.45, 2.75) is 13.3 Å². The number of cyclic esters (lactones) is 1. The van der Waals surface area contributed by atoms with E-state index < -0.39 is 0 Å². The van der Waals surface area contributed by atoms with Gasteiger partial charge in [0.25, 0.3) is 0 Å². The Morgan fingerprint density at radius 3 is 3.14 bits per heavy atom. The summed E-state index contributed by atoms with van der Waals surface area (Å²) in [6.45, 7) is 4.07. The molecule has 14 heavy (non-hydrogen) atoms. The molecule has 3 heteroatoms. The number of carbonyl (C=O) groups excluding carboxylic acids is 1. The van der Waals surface area contributed by atoms with E-state index >= 15 is 0 Å². The Labute approximate surface area is 82.4 Å². The topological polar surface area (TPSA) is 35.5 Å². The molecule has 0 saturated carbocycles. The van der Waals surface area contributed by atoms with E-state index in [4.69, 9.17) is 9.47 Å². The Morgan fingerprint density at radius 1 is 1.43 bits per heavy atom. The lowest BCUT2D eigenvalue weighted by atomic mass is 9.74. The fourth-order valence-electron chi connectivity index (χ4n) is 2.47. The lowest BCUT2D eigenvalue weighted by molar-refractivity contribution is -0.135. The molecule has 0 radical (unpaired) electrons. The number of esters is 1. The molecule has 3 rings (SSSR count). The number of hydrogen-bond acceptors (Lipinski definition) is 3. The maximum atomic E-state index is 11.3. The van der Waals surface area contributed by atoms with Gasteiger partial charge < -0.3 is 9.47 Å². The second kappa shape index (κ2) is 2.48. The predicted molar refractivity (Wildman–Crippen MR) is 49.6 cm³/mol. The summed E-state index contributed by atoms with van der Waals surface area (Å²) in [6.07, 6.45) is 2.90. The van der Waals surface area contributed by atoms with Crippen molar-refractivity contribution in [1.82, 2.24) is 0 Å². The summed E-state index contributed by atoms with van der Waals surface area (Å²) in [4.78, 5) is 11.3. The summed E-state index contributed by atoms with van der Waals surface area (Å²) in [5.74, 6) is -0.165. The zero-order valence-electron chi connectivity index (χ0n) is 8.13. The normalized spacial score (nSPS) is 35.2. The van der Waals surface area contributed by atoms with Crippen molar-refractivity contribution in [3.05, 3.63) is 22.8 Å². The van der Waals surface area contributed by atoms with E-state index in [1.54, 1.807) is 0 Å². The van der Waals surface area contributed by atoms with Gasteiger partial charge in [-0.1, -0.05) is 13.0 Å². The van der Waals surface area contributed by atoms with Crippen molar-refractivity contribution >= 4 is 5.97 Å². The summed E-state index contributed by atoms with van der Waals surface area (Å²) >= 11 is 0. The van der Waals surface area contributed by atoms with E-state index in [2.05, 4.69) is 6.92 Å². The molecule has 2 saturated heterocycles. The van der Waals surface area contributed by atoms with Gasteiger partial charge in [-0.05, 0) is 12.0 Å². The van der Waals surface area contributed by atoms with E-state index in [1.807, 2.05) is 6.08 Å². The molecule has 3 aliphatic rings. The fourth-order valence-corrected chi connectivity index (χ4v) is 2.47. The molecule has 0 aromatic carbocycles. The molecule has 74 valence electrons. The molecule has 0 spiro atoms. The van der Waals surface area contributed by atoms with Crippen LogP contribution in [0.2, 0.25) is 0 Å². The van der Waals surface area contributed by atoms with E-state index in [0.717, 1.165) is 24.2 Å². The van der Waals surface area contributed by atoms with Crippen molar-refractivity contribution in [3.63, 3.8) is 0 Å². The highest BCUT2D eigenvalue weighted by atomic mass is 16.5. The molecule has 1 aliphatic carbocycles. The zero-order chi connectivity index (χ0) is 9.76.